The lowest BCUT2D eigenvalue weighted by Crippen LogP contribution is -2.22. The van der Waals surface area contributed by atoms with Crippen molar-refractivity contribution in [3.63, 3.8) is 0 Å². The summed E-state index contributed by atoms with van der Waals surface area (Å²) in [5.74, 6) is 0.247. The molecule has 0 aliphatic carbocycles. The van der Waals surface area contributed by atoms with Gasteiger partial charge in [0.25, 0.3) is 0 Å². The Morgan fingerprint density at radius 2 is 1.58 bits per heavy atom. The number of carbonyl (C=O) groups is 1. The molecule has 2 aromatic carbocycles. The van der Waals surface area contributed by atoms with Crippen LogP contribution in [0.2, 0.25) is 0 Å². The largest absolute Gasteiger partial charge is 0.339 e. The molecule has 19 heavy (non-hydrogen) atoms. The minimum atomic E-state index is 0.247. The Morgan fingerprint density at radius 1 is 0.947 bits per heavy atom. The van der Waals surface area contributed by atoms with Crippen molar-refractivity contribution < 1.29 is 4.79 Å². The number of hydrogen-bond donors (Lipinski definition) is 0. The van der Waals surface area contributed by atoms with Crippen LogP contribution in [0.25, 0.3) is 11.1 Å². The Bertz CT molecular complexity index is 574. The highest BCUT2D eigenvalue weighted by Crippen LogP contribution is 2.32. The summed E-state index contributed by atoms with van der Waals surface area (Å²) in [6.45, 7) is 0. The van der Waals surface area contributed by atoms with Crippen LogP contribution in [-0.4, -0.2) is 17.9 Å². The first-order valence-electron chi connectivity index (χ1n) is 6.67. The molecular weight excluding hydrogens is 234 g/mol. The average Bonchev–Trinajstić information content (AvgIpc) is 2.80. The molecule has 3 rings (SSSR count). The van der Waals surface area contributed by atoms with Crippen LogP contribution in [0.4, 0.5) is 0 Å². The molecule has 0 spiro atoms. The average molecular weight is 251 g/mol. The summed E-state index contributed by atoms with van der Waals surface area (Å²) >= 11 is 0. The van der Waals surface area contributed by atoms with Crippen molar-refractivity contribution in [3.05, 3.63) is 60.2 Å². The van der Waals surface area contributed by atoms with Crippen LogP contribution < -0.4 is 0 Å². The molecule has 1 fully saturated rings. The van der Waals surface area contributed by atoms with Gasteiger partial charge in [0.2, 0.25) is 5.91 Å². The molecular formula is C17H17NO. The molecule has 0 bridgehead atoms. The normalized spacial score (nSPS) is 18.9. The van der Waals surface area contributed by atoms with Gasteiger partial charge in [-0.15, -0.1) is 0 Å². The number of amides is 1. The van der Waals surface area contributed by atoms with E-state index in [0.717, 1.165) is 6.42 Å². The number of likely N-dealkylation sites (tertiary alicyclic amines) is 1. The molecule has 1 heterocycles. The second-order valence-electron chi connectivity index (χ2n) is 5.05. The smallest absolute Gasteiger partial charge is 0.222 e. The van der Waals surface area contributed by atoms with Gasteiger partial charge in [-0.3, -0.25) is 4.79 Å². The topological polar surface area (TPSA) is 20.3 Å². The van der Waals surface area contributed by atoms with E-state index in [0.29, 0.717) is 6.42 Å². The monoisotopic (exact) mass is 251 g/mol. The summed E-state index contributed by atoms with van der Waals surface area (Å²) in [4.78, 5) is 13.4. The van der Waals surface area contributed by atoms with Gasteiger partial charge in [-0.25, -0.2) is 0 Å². The lowest BCUT2D eigenvalue weighted by Gasteiger charge is -2.20. The van der Waals surface area contributed by atoms with Gasteiger partial charge >= 0.3 is 0 Å². The van der Waals surface area contributed by atoms with Gasteiger partial charge in [0.15, 0.2) is 0 Å². The van der Waals surface area contributed by atoms with E-state index in [2.05, 4.69) is 36.4 Å². The van der Waals surface area contributed by atoms with E-state index in [9.17, 15) is 4.79 Å². The van der Waals surface area contributed by atoms with Gasteiger partial charge in [-0.05, 0) is 23.1 Å². The van der Waals surface area contributed by atoms with Gasteiger partial charge in [0, 0.05) is 13.5 Å². The molecule has 0 aromatic heterocycles. The SMILES string of the molecule is CN1C(=O)CC[C@H]1c1ccc(-c2ccccc2)cc1. The molecule has 0 saturated carbocycles. The van der Waals surface area contributed by atoms with E-state index >= 15 is 0 Å². The first kappa shape index (κ1) is 12.0. The number of nitrogens with zero attached hydrogens (tertiary/aromatic N) is 1. The van der Waals surface area contributed by atoms with E-state index in [1.165, 1.54) is 16.7 Å². The Kier molecular flexibility index (Phi) is 3.08. The first-order chi connectivity index (χ1) is 9.25. The standard InChI is InChI=1S/C17H17NO/c1-18-16(11-12-17(18)19)15-9-7-14(8-10-15)13-5-3-2-4-6-13/h2-10,16H,11-12H2,1H3/t16-/m0/s1. The molecule has 1 amide bonds. The maximum absolute atomic E-state index is 11.6. The Balaban J connectivity index is 1.86. The maximum atomic E-state index is 11.6. The summed E-state index contributed by atoms with van der Waals surface area (Å²) < 4.78 is 0. The highest BCUT2D eigenvalue weighted by Gasteiger charge is 2.28. The Hall–Kier alpha value is -2.09. The van der Waals surface area contributed by atoms with Crippen LogP contribution in [0.3, 0.4) is 0 Å². The molecule has 2 nitrogen and oxygen atoms in total. The molecule has 2 aromatic rings. The van der Waals surface area contributed by atoms with Crippen molar-refractivity contribution in [1.29, 1.82) is 0 Å². The van der Waals surface area contributed by atoms with Gasteiger partial charge < -0.3 is 4.90 Å². The second-order valence-corrected chi connectivity index (χ2v) is 5.05. The summed E-state index contributed by atoms with van der Waals surface area (Å²) in [7, 11) is 1.89. The highest BCUT2D eigenvalue weighted by molar-refractivity contribution is 5.78. The van der Waals surface area contributed by atoms with Gasteiger partial charge in [-0.1, -0.05) is 54.6 Å². The van der Waals surface area contributed by atoms with Crippen LogP contribution in [0.5, 0.6) is 0 Å². The van der Waals surface area contributed by atoms with E-state index in [1.807, 2.05) is 30.1 Å². The molecule has 96 valence electrons. The lowest BCUT2D eigenvalue weighted by molar-refractivity contribution is -0.127. The fourth-order valence-corrected chi connectivity index (χ4v) is 2.72. The minimum Gasteiger partial charge on any atom is -0.339 e. The molecule has 1 atom stereocenters. The zero-order chi connectivity index (χ0) is 13.2. The Labute approximate surface area is 113 Å². The molecule has 2 heteroatoms. The fraction of sp³-hybridized carbons (Fsp3) is 0.235. The molecule has 0 radical (unpaired) electrons. The predicted octanol–water partition coefficient (Wildman–Crippen LogP) is 3.65. The van der Waals surface area contributed by atoms with Gasteiger partial charge in [0.05, 0.1) is 6.04 Å². The third kappa shape index (κ3) is 2.26. The fourth-order valence-electron chi connectivity index (χ4n) is 2.72. The molecule has 1 aliphatic heterocycles. The van der Waals surface area contributed by atoms with E-state index in [4.69, 9.17) is 0 Å². The van der Waals surface area contributed by atoms with Gasteiger partial charge in [0.1, 0.15) is 0 Å². The van der Waals surface area contributed by atoms with Crippen molar-refractivity contribution in [2.75, 3.05) is 7.05 Å². The van der Waals surface area contributed by atoms with Crippen LogP contribution in [0, 0.1) is 0 Å². The third-order valence-corrected chi connectivity index (χ3v) is 3.90. The zero-order valence-electron chi connectivity index (χ0n) is 11.0. The molecule has 1 saturated heterocycles. The zero-order valence-corrected chi connectivity index (χ0v) is 11.0. The summed E-state index contributed by atoms with van der Waals surface area (Å²) in [6, 6.07) is 19.2. The summed E-state index contributed by atoms with van der Waals surface area (Å²) in [5.41, 5.74) is 3.68. The second kappa shape index (κ2) is 4.88. The van der Waals surface area contributed by atoms with E-state index < -0.39 is 0 Å². The minimum absolute atomic E-state index is 0.247. The number of carbonyl (C=O) groups excluding carboxylic acids is 1. The predicted molar refractivity (Wildman–Crippen MR) is 76.6 cm³/mol. The van der Waals surface area contributed by atoms with E-state index in [-0.39, 0.29) is 11.9 Å². The molecule has 0 unspecified atom stereocenters. The van der Waals surface area contributed by atoms with Crippen molar-refractivity contribution in [1.82, 2.24) is 4.90 Å². The number of rotatable bonds is 2. The van der Waals surface area contributed by atoms with E-state index in [1.54, 1.807) is 0 Å². The molecule has 0 N–H and O–H groups in total. The molecule has 1 aliphatic rings. The maximum Gasteiger partial charge on any atom is 0.222 e. The summed E-state index contributed by atoms with van der Waals surface area (Å²) in [6.07, 6.45) is 1.60. The van der Waals surface area contributed by atoms with Crippen LogP contribution in [0.1, 0.15) is 24.4 Å². The van der Waals surface area contributed by atoms with Crippen LogP contribution in [0.15, 0.2) is 54.6 Å². The lowest BCUT2D eigenvalue weighted by atomic mass is 10.00. The van der Waals surface area contributed by atoms with Crippen molar-refractivity contribution >= 4 is 5.91 Å². The van der Waals surface area contributed by atoms with Crippen molar-refractivity contribution in [2.24, 2.45) is 0 Å². The Morgan fingerprint density at radius 3 is 2.16 bits per heavy atom. The van der Waals surface area contributed by atoms with Crippen LogP contribution >= 0.6 is 0 Å². The number of benzene rings is 2. The third-order valence-electron chi connectivity index (χ3n) is 3.90. The number of hydrogen-bond acceptors (Lipinski definition) is 1. The first-order valence-corrected chi connectivity index (χ1v) is 6.67. The highest BCUT2D eigenvalue weighted by atomic mass is 16.2. The quantitative estimate of drug-likeness (QED) is 0.798. The van der Waals surface area contributed by atoms with Gasteiger partial charge in [-0.2, -0.15) is 0 Å². The van der Waals surface area contributed by atoms with Crippen molar-refractivity contribution in [3.8, 4) is 11.1 Å². The van der Waals surface area contributed by atoms with Crippen molar-refractivity contribution in [2.45, 2.75) is 18.9 Å². The van der Waals surface area contributed by atoms with Crippen LogP contribution in [-0.2, 0) is 4.79 Å². The summed E-state index contributed by atoms with van der Waals surface area (Å²) in [5, 5.41) is 0.